The first-order chi connectivity index (χ1) is 9.12. The maximum Gasteiger partial charge on any atom is 0.147 e. The lowest BCUT2D eigenvalue weighted by molar-refractivity contribution is 0.631. The van der Waals surface area contributed by atoms with Gasteiger partial charge in [0.2, 0.25) is 0 Å². The Hall–Kier alpha value is -1.73. The molecule has 2 aromatic rings. The summed E-state index contributed by atoms with van der Waals surface area (Å²) in [6, 6.07) is 6.37. The second kappa shape index (κ2) is 5.94. The predicted octanol–water partition coefficient (Wildman–Crippen LogP) is 2.97. The van der Waals surface area contributed by atoms with Crippen LogP contribution in [0.4, 0.5) is 21.7 Å². The normalized spacial score (nSPS) is 10.3. The summed E-state index contributed by atoms with van der Waals surface area (Å²) in [5.74, 6) is 6.56. The molecule has 4 N–H and O–H groups in total. The van der Waals surface area contributed by atoms with Crippen LogP contribution in [0.5, 0.6) is 0 Å². The van der Waals surface area contributed by atoms with E-state index >= 15 is 0 Å². The van der Waals surface area contributed by atoms with Crippen molar-refractivity contribution in [1.82, 2.24) is 9.97 Å². The third kappa shape index (κ3) is 3.39. The van der Waals surface area contributed by atoms with Crippen LogP contribution in [-0.4, -0.2) is 9.97 Å². The van der Waals surface area contributed by atoms with Gasteiger partial charge in [0.1, 0.15) is 23.3 Å². The average Bonchev–Trinajstić information content (AvgIpc) is 2.41. The molecule has 1 aromatic carbocycles. The summed E-state index contributed by atoms with van der Waals surface area (Å²) in [7, 11) is 0. The van der Waals surface area contributed by atoms with Crippen molar-refractivity contribution in [2.24, 2.45) is 5.84 Å². The van der Waals surface area contributed by atoms with Crippen molar-refractivity contribution in [3.8, 4) is 0 Å². The van der Waals surface area contributed by atoms with Crippen molar-refractivity contribution in [3.63, 3.8) is 0 Å². The minimum atomic E-state index is -0.367. The van der Waals surface area contributed by atoms with Gasteiger partial charge in [-0.15, -0.1) is 0 Å². The molecule has 0 amide bonds. The van der Waals surface area contributed by atoms with E-state index in [4.69, 9.17) is 5.84 Å². The molecular weight excluding hydrogens is 313 g/mol. The number of hydrogen-bond acceptors (Lipinski definition) is 5. The molecule has 5 nitrogen and oxygen atoms in total. The summed E-state index contributed by atoms with van der Waals surface area (Å²) >= 11 is 3.21. The van der Waals surface area contributed by atoms with Gasteiger partial charge < -0.3 is 10.7 Å². The number of aryl methyl sites for hydroxylation is 1. The smallest absolute Gasteiger partial charge is 0.147 e. The molecule has 1 heterocycles. The fourth-order valence-electron chi connectivity index (χ4n) is 1.52. The largest absolute Gasteiger partial charge is 0.338 e. The molecule has 0 spiro atoms. The summed E-state index contributed by atoms with van der Waals surface area (Å²) in [6.45, 7) is 1.93. The monoisotopic (exact) mass is 325 g/mol. The van der Waals surface area contributed by atoms with Gasteiger partial charge in [0.05, 0.1) is 5.69 Å². The highest BCUT2D eigenvalue weighted by Crippen LogP contribution is 2.23. The lowest BCUT2D eigenvalue weighted by Gasteiger charge is -2.10. The quantitative estimate of drug-likeness (QED) is 0.595. The first-order valence-electron chi connectivity index (χ1n) is 5.69. The summed E-state index contributed by atoms with van der Waals surface area (Å²) < 4.78 is 14.4. The minimum Gasteiger partial charge on any atom is -0.338 e. The van der Waals surface area contributed by atoms with Crippen molar-refractivity contribution in [2.45, 2.75) is 13.3 Å². The molecule has 0 radical (unpaired) electrons. The van der Waals surface area contributed by atoms with Gasteiger partial charge in [-0.1, -0.05) is 22.9 Å². The number of halogens is 2. The zero-order valence-electron chi connectivity index (χ0n) is 10.2. The SMILES string of the molecule is CCc1nc(NN)cc(Nc2ccc(Br)cc2F)n1. The van der Waals surface area contributed by atoms with Crippen molar-refractivity contribution in [2.75, 3.05) is 10.7 Å². The van der Waals surface area contributed by atoms with Crippen LogP contribution >= 0.6 is 15.9 Å². The highest BCUT2D eigenvalue weighted by molar-refractivity contribution is 9.10. The van der Waals surface area contributed by atoms with Gasteiger partial charge in [-0.05, 0) is 18.2 Å². The van der Waals surface area contributed by atoms with E-state index < -0.39 is 0 Å². The molecule has 7 heteroatoms. The van der Waals surface area contributed by atoms with Gasteiger partial charge in [-0.2, -0.15) is 0 Å². The van der Waals surface area contributed by atoms with Gasteiger partial charge in [0, 0.05) is 17.0 Å². The molecule has 100 valence electrons. The fraction of sp³-hybridized carbons (Fsp3) is 0.167. The summed E-state index contributed by atoms with van der Waals surface area (Å²) in [5.41, 5.74) is 2.80. The van der Waals surface area contributed by atoms with Gasteiger partial charge in [-0.25, -0.2) is 20.2 Å². The van der Waals surface area contributed by atoms with Crippen LogP contribution in [0.3, 0.4) is 0 Å². The van der Waals surface area contributed by atoms with E-state index in [1.165, 1.54) is 6.07 Å². The number of nitrogen functional groups attached to an aromatic ring is 1. The van der Waals surface area contributed by atoms with Crippen molar-refractivity contribution >= 4 is 33.3 Å². The van der Waals surface area contributed by atoms with Crippen LogP contribution in [0.1, 0.15) is 12.7 Å². The standard InChI is InChI=1S/C12H13BrFN5/c1-2-10-17-11(6-12(18-10)19-15)16-9-4-3-7(13)5-8(9)14/h3-6H,2,15H2,1H3,(H2,16,17,18,19). The first kappa shape index (κ1) is 13.7. The number of hydrogen-bond donors (Lipinski definition) is 3. The number of anilines is 3. The van der Waals surface area contributed by atoms with Crippen molar-refractivity contribution < 1.29 is 4.39 Å². The third-order valence-corrected chi connectivity index (χ3v) is 2.92. The highest BCUT2D eigenvalue weighted by atomic mass is 79.9. The van der Waals surface area contributed by atoms with E-state index in [1.807, 2.05) is 6.92 Å². The Bertz CT molecular complexity index is 568. The lowest BCUT2D eigenvalue weighted by atomic mass is 10.3. The second-order valence-electron chi connectivity index (χ2n) is 3.80. The zero-order valence-corrected chi connectivity index (χ0v) is 11.8. The molecule has 0 atom stereocenters. The molecule has 0 fully saturated rings. The van der Waals surface area contributed by atoms with Gasteiger partial charge in [0.15, 0.2) is 0 Å². The number of benzene rings is 1. The lowest BCUT2D eigenvalue weighted by Crippen LogP contribution is -2.11. The topological polar surface area (TPSA) is 75.9 Å². The maximum atomic E-state index is 13.7. The number of rotatable bonds is 4. The Morgan fingerprint density at radius 3 is 2.63 bits per heavy atom. The Morgan fingerprint density at radius 2 is 2.00 bits per heavy atom. The summed E-state index contributed by atoms with van der Waals surface area (Å²) in [5, 5.41) is 2.91. The van der Waals surface area contributed by atoms with Crippen molar-refractivity contribution in [1.29, 1.82) is 0 Å². The second-order valence-corrected chi connectivity index (χ2v) is 4.72. The molecular formula is C12H13BrFN5. The number of hydrazine groups is 1. The number of nitrogens with one attached hydrogen (secondary N) is 2. The maximum absolute atomic E-state index is 13.7. The van der Waals surface area contributed by atoms with E-state index in [-0.39, 0.29) is 5.82 Å². The van der Waals surface area contributed by atoms with E-state index in [9.17, 15) is 4.39 Å². The van der Waals surface area contributed by atoms with Crippen LogP contribution in [0.2, 0.25) is 0 Å². The Labute approximate surface area is 118 Å². The Morgan fingerprint density at radius 1 is 1.26 bits per heavy atom. The molecule has 0 aliphatic rings. The Kier molecular flexibility index (Phi) is 4.28. The zero-order chi connectivity index (χ0) is 13.8. The number of nitrogens with two attached hydrogens (primary N) is 1. The molecule has 0 bridgehead atoms. The molecule has 0 saturated carbocycles. The van der Waals surface area contributed by atoms with Crippen LogP contribution in [-0.2, 0) is 6.42 Å². The summed E-state index contributed by atoms with van der Waals surface area (Å²) in [6.07, 6.45) is 0.660. The van der Waals surface area contributed by atoms with E-state index in [1.54, 1.807) is 18.2 Å². The number of aromatic nitrogens is 2. The molecule has 1 aromatic heterocycles. The molecule has 19 heavy (non-hydrogen) atoms. The molecule has 0 aliphatic heterocycles. The van der Waals surface area contributed by atoms with E-state index in [0.717, 1.165) is 0 Å². The van der Waals surface area contributed by atoms with E-state index in [2.05, 4.69) is 36.6 Å². The van der Waals surface area contributed by atoms with Crippen molar-refractivity contribution in [3.05, 3.63) is 40.4 Å². The molecule has 2 rings (SSSR count). The third-order valence-electron chi connectivity index (χ3n) is 2.43. The molecule has 0 saturated heterocycles. The van der Waals surface area contributed by atoms with Crippen LogP contribution in [0.25, 0.3) is 0 Å². The molecule has 0 unspecified atom stereocenters. The number of nitrogens with zero attached hydrogens (tertiary/aromatic N) is 2. The van der Waals surface area contributed by atoms with Gasteiger partial charge in [-0.3, -0.25) is 0 Å². The Balaban J connectivity index is 2.31. The van der Waals surface area contributed by atoms with Crippen LogP contribution in [0, 0.1) is 5.82 Å². The van der Waals surface area contributed by atoms with Gasteiger partial charge >= 0.3 is 0 Å². The first-order valence-corrected chi connectivity index (χ1v) is 6.48. The van der Waals surface area contributed by atoms with Crippen LogP contribution in [0.15, 0.2) is 28.7 Å². The summed E-state index contributed by atoms with van der Waals surface area (Å²) in [4.78, 5) is 8.42. The molecule has 0 aliphatic carbocycles. The van der Waals surface area contributed by atoms with Crippen LogP contribution < -0.4 is 16.6 Å². The minimum absolute atomic E-state index is 0.340. The fourth-order valence-corrected chi connectivity index (χ4v) is 1.86. The highest BCUT2D eigenvalue weighted by Gasteiger charge is 2.06. The predicted molar refractivity (Wildman–Crippen MR) is 76.6 cm³/mol. The average molecular weight is 326 g/mol. The van der Waals surface area contributed by atoms with Gasteiger partial charge in [0.25, 0.3) is 0 Å². The van der Waals surface area contributed by atoms with E-state index in [0.29, 0.717) is 34.0 Å².